The number of amides is 1. The molecule has 1 fully saturated rings. The van der Waals surface area contributed by atoms with Gasteiger partial charge in [0.25, 0.3) is 0 Å². The van der Waals surface area contributed by atoms with Crippen molar-refractivity contribution in [2.45, 2.75) is 19.4 Å². The highest BCUT2D eigenvalue weighted by Gasteiger charge is 2.29. The van der Waals surface area contributed by atoms with Gasteiger partial charge >= 0.3 is 0 Å². The summed E-state index contributed by atoms with van der Waals surface area (Å²) in [4.78, 5) is 23.2. The van der Waals surface area contributed by atoms with Crippen LogP contribution in [0.25, 0.3) is 11.3 Å². The fourth-order valence-electron chi connectivity index (χ4n) is 4.14. The number of benzene rings is 2. The summed E-state index contributed by atoms with van der Waals surface area (Å²) in [7, 11) is 1.77. The highest BCUT2D eigenvalue weighted by Crippen LogP contribution is 2.19. The Bertz CT molecular complexity index is 1070. The summed E-state index contributed by atoms with van der Waals surface area (Å²) in [6.07, 6.45) is 3.29. The lowest BCUT2D eigenvalue weighted by Gasteiger charge is -2.18. The second-order valence-corrected chi connectivity index (χ2v) is 8.37. The van der Waals surface area contributed by atoms with Crippen LogP contribution in [0, 0.1) is 5.92 Å². The predicted octanol–water partition coefficient (Wildman–Crippen LogP) is 4.12. The lowest BCUT2D eigenvalue weighted by atomic mass is 10.1. The molecule has 3 aromatic rings. The number of carbonyl (C=O) groups is 1. The molecule has 0 aliphatic carbocycles. The molecular formula is C27H32IN5O. The molecule has 0 bridgehead atoms. The quantitative estimate of drug-likeness (QED) is 0.243. The van der Waals surface area contributed by atoms with Crippen LogP contribution in [0.5, 0.6) is 0 Å². The maximum Gasteiger partial charge on any atom is 0.223 e. The first-order valence-corrected chi connectivity index (χ1v) is 11.5. The summed E-state index contributed by atoms with van der Waals surface area (Å²) < 4.78 is 0. The van der Waals surface area contributed by atoms with E-state index < -0.39 is 0 Å². The summed E-state index contributed by atoms with van der Waals surface area (Å²) >= 11 is 0. The molecule has 1 aliphatic heterocycles. The first kappa shape index (κ1) is 25.7. The van der Waals surface area contributed by atoms with Crippen LogP contribution in [0.4, 0.5) is 0 Å². The van der Waals surface area contributed by atoms with E-state index in [9.17, 15) is 4.79 Å². The Kier molecular flexibility index (Phi) is 9.88. The lowest BCUT2D eigenvalue weighted by molar-refractivity contribution is -0.127. The maximum absolute atomic E-state index is 12.4. The Morgan fingerprint density at radius 2 is 1.82 bits per heavy atom. The third-order valence-corrected chi connectivity index (χ3v) is 5.94. The van der Waals surface area contributed by atoms with Crippen LogP contribution >= 0.6 is 24.0 Å². The van der Waals surface area contributed by atoms with Gasteiger partial charge in [0.05, 0.1) is 5.69 Å². The molecule has 7 heteroatoms. The Balaban J connectivity index is 0.00000324. The first-order valence-electron chi connectivity index (χ1n) is 11.5. The zero-order valence-electron chi connectivity index (χ0n) is 19.5. The molecule has 1 aromatic heterocycles. The lowest BCUT2D eigenvalue weighted by Crippen LogP contribution is -2.40. The summed E-state index contributed by atoms with van der Waals surface area (Å²) in [6, 6.07) is 24.6. The van der Waals surface area contributed by atoms with E-state index >= 15 is 0 Å². The molecule has 178 valence electrons. The van der Waals surface area contributed by atoms with E-state index in [2.05, 4.69) is 50.9 Å². The standard InChI is InChI=1S/C27H31N5O.HI/c1-28-27(30-18-22-10-7-11-24(16-22)25-12-5-6-14-29-25)31-19-23-17-26(33)32(20-23)15-13-21-8-3-2-4-9-21;/h2-12,14,16,23H,13,15,17-20H2,1H3,(H2,28,30,31);1H. The number of aliphatic imine (C=N–C) groups is 1. The van der Waals surface area contributed by atoms with Crippen molar-refractivity contribution < 1.29 is 4.79 Å². The SMILES string of the molecule is CN=C(NCc1cccc(-c2ccccn2)c1)NCC1CC(=O)N(CCc2ccccc2)C1.I. The van der Waals surface area contributed by atoms with E-state index in [1.54, 1.807) is 7.05 Å². The molecule has 1 aliphatic rings. The average Bonchev–Trinajstić information content (AvgIpc) is 3.23. The van der Waals surface area contributed by atoms with Crippen molar-refractivity contribution in [2.24, 2.45) is 10.9 Å². The van der Waals surface area contributed by atoms with E-state index in [-0.39, 0.29) is 29.9 Å². The predicted molar refractivity (Wildman–Crippen MR) is 148 cm³/mol. The zero-order chi connectivity index (χ0) is 22.9. The van der Waals surface area contributed by atoms with Gasteiger partial charge < -0.3 is 15.5 Å². The highest BCUT2D eigenvalue weighted by molar-refractivity contribution is 14.0. The molecule has 34 heavy (non-hydrogen) atoms. The minimum atomic E-state index is 0. The summed E-state index contributed by atoms with van der Waals surface area (Å²) in [5.74, 6) is 1.28. The van der Waals surface area contributed by atoms with Gasteiger partial charge in [0, 0.05) is 57.3 Å². The monoisotopic (exact) mass is 569 g/mol. The van der Waals surface area contributed by atoms with Crippen LogP contribution in [0.1, 0.15) is 17.5 Å². The topological polar surface area (TPSA) is 69.6 Å². The van der Waals surface area contributed by atoms with E-state index in [0.29, 0.717) is 18.9 Å². The largest absolute Gasteiger partial charge is 0.356 e. The number of halogens is 1. The minimum absolute atomic E-state index is 0. The number of aromatic nitrogens is 1. The van der Waals surface area contributed by atoms with Crippen LogP contribution < -0.4 is 10.6 Å². The first-order chi connectivity index (χ1) is 16.2. The number of hydrogen-bond donors (Lipinski definition) is 2. The van der Waals surface area contributed by atoms with E-state index in [1.807, 2.05) is 53.6 Å². The van der Waals surface area contributed by atoms with Gasteiger partial charge in [-0.2, -0.15) is 0 Å². The zero-order valence-corrected chi connectivity index (χ0v) is 21.8. The molecule has 0 saturated carbocycles. The number of pyridine rings is 1. The summed E-state index contributed by atoms with van der Waals surface area (Å²) in [5, 5.41) is 6.77. The molecule has 6 nitrogen and oxygen atoms in total. The molecule has 2 aromatic carbocycles. The number of nitrogens with zero attached hydrogens (tertiary/aromatic N) is 3. The maximum atomic E-state index is 12.4. The van der Waals surface area contributed by atoms with E-state index in [4.69, 9.17) is 0 Å². The normalized spacial score (nSPS) is 15.7. The second kappa shape index (κ2) is 13.1. The van der Waals surface area contributed by atoms with Crippen LogP contribution in [-0.2, 0) is 17.8 Å². The molecular weight excluding hydrogens is 537 g/mol. The van der Waals surface area contributed by atoms with Gasteiger partial charge in [-0.3, -0.25) is 14.8 Å². The van der Waals surface area contributed by atoms with Crippen molar-refractivity contribution in [1.82, 2.24) is 20.5 Å². The van der Waals surface area contributed by atoms with Crippen LogP contribution in [0.15, 0.2) is 84.0 Å². The fraction of sp³-hybridized carbons (Fsp3) is 0.296. The molecule has 1 saturated heterocycles. The summed E-state index contributed by atoms with van der Waals surface area (Å²) in [5.41, 5.74) is 4.48. The Morgan fingerprint density at radius 1 is 1.03 bits per heavy atom. The van der Waals surface area contributed by atoms with Crippen molar-refractivity contribution >= 4 is 35.8 Å². The molecule has 2 heterocycles. The van der Waals surface area contributed by atoms with Gasteiger partial charge in [-0.1, -0.05) is 54.6 Å². The van der Waals surface area contributed by atoms with Crippen molar-refractivity contribution in [3.63, 3.8) is 0 Å². The van der Waals surface area contributed by atoms with E-state index in [0.717, 1.165) is 48.8 Å². The van der Waals surface area contributed by atoms with Gasteiger partial charge in [-0.05, 0) is 35.7 Å². The second-order valence-electron chi connectivity index (χ2n) is 8.37. The van der Waals surface area contributed by atoms with Crippen molar-refractivity contribution in [3.8, 4) is 11.3 Å². The fourth-order valence-corrected chi connectivity index (χ4v) is 4.14. The molecule has 1 atom stereocenters. The minimum Gasteiger partial charge on any atom is -0.356 e. The number of likely N-dealkylation sites (tertiary alicyclic amines) is 1. The Labute approximate surface area is 218 Å². The van der Waals surface area contributed by atoms with Crippen LogP contribution in [0.3, 0.4) is 0 Å². The van der Waals surface area contributed by atoms with Crippen molar-refractivity contribution in [2.75, 3.05) is 26.7 Å². The highest BCUT2D eigenvalue weighted by atomic mass is 127. The van der Waals surface area contributed by atoms with Gasteiger partial charge in [0.1, 0.15) is 0 Å². The molecule has 0 spiro atoms. The van der Waals surface area contributed by atoms with Gasteiger partial charge in [-0.25, -0.2) is 0 Å². The Hall–Kier alpha value is -2.94. The Morgan fingerprint density at radius 3 is 2.59 bits per heavy atom. The van der Waals surface area contributed by atoms with Crippen molar-refractivity contribution in [3.05, 3.63) is 90.1 Å². The van der Waals surface area contributed by atoms with Gasteiger partial charge in [-0.15, -0.1) is 24.0 Å². The van der Waals surface area contributed by atoms with Crippen LogP contribution in [0.2, 0.25) is 0 Å². The number of rotatable bonds is 8. The number of hydrogen-bond acceptors (Lipinski definition) is 3. The number of nitrogens with one attached hydrogen (secondary N) is 2. The third kappa shape index (κ3) is 7.28. The van der Waals surface area contributed by atoms with Gasteiger partial charge in [0.15, 0.2) is 5.96 Å². The smallest absolute Gasteiger partial charge is 0.223 e. The van der Waals surface area contributed by atoms with E-state index in [1.165, 1.54) is 5.56 Å². The summed E-state index contributed by atoms with van der Waals surface area (Å²) in [6.45, 7) is 2.95. The van der Waals surface area contributed by atoms with Crippen molar-refractivity contribution in [1.29, 1.82) is 0 Å². The third-order valence-electron chi connectivity index (χ3n) is 5.94. The molecule has 1 unspecified atom stereocenters. The van der Waals surface area contributed by atoms with Gasteiger partial charge in [0.2, 0.25) is 5.91 Å². The molecule has 4 rings (SSSR count). The molecule has 2 N–H and O–H groups in total. The molecule has 0 radical (unpaired) electrons. The number of guanidine groups is 1. The average molecular weight is 569 g/mol. The van der Waals surface area contributed by atoms with Crippen LogP contribution in [-0.4, -0.2) is 48.4 Å². The molecule has 1 amide bonds. The number of carbonyl (C=O) groups excluding carboxylic acids is 1.